The summed E-state index contributed by atoms with van der Waals surface area (Å²) in [4.78, 5) is 27.2. The van der Waals surface area contributed by atoms with E-state index < -0.39 is 5.97 Å². The molecule has 1 aliphatic rings. The van der Waals surface area contributed by atoms with Crippen LogP contribution in [-0.2, 0) is 9.53 Å². The van der Waals surface area contributed by atoms with Crippen LogP contribution in [0.15, 0.2) is 18.2 Å². The van der Waals surface area contributed by atoms with Crippen LogP contribution in [0.1, 0.15) is 24.2 Å². The summed E-state index contributed by atoms with van der Waals surface area (Å²) in [7, 11) is 0. The average Bonchev–Trinajstić information content (AvgIpc) is 2.48. The Labute approximate surface area is 124 Å². The second-order valence-corrected chi connectivity index (χ2v) is 4.99. The van der Waals surface area contributed by atoms with Gasteiger partial charge in [0, 0.05) is 44.5 Å². The fourth-order valence-electron chi connectivity index (χ4n) is 2.41. The van der Waals surface area contributed by atoms with E-state index in [-0.39, 0.29) is 5.91 Å². The molecule has 1 aliphatic heterocycles. The van der Waals surface area contributed by atoms with Crippen molar-refractivity contribution in [1.29, 1.82) is 0 Å². The summed E-state index contributed by atoms with van der Waals surface area (Å²) in [5.41, 5.74) is 7.57. The van der Waals surface area contributed by atoms with Crippen molar-refractivity contribution in [3.8, 4) is 0 Å². The van der Waals surface area contributed by atoms with Crippen LogP contribution in [0.2, 0.25) is 0 Å². The molecule has 0 spiro atoms. The number of nitrogen functional groups attached to an aromatic ring is 1. The molecule has 21 heavy (non-hydrogen) atoms. The first-order chi connectivity index (χ1) is 10.0. The number of amides is 1. The summed E-state index contributed by atoms with van der Waals surface area (Å²) in [6.45, 7) is 6.52. The van der Waals surface area contributed by atoms with Gasteiger partial charge < -0.3 is 20.3 Å². The summed E-state index contributed by atoms with van der Waals surface area (Å²) in [5.74, 6) is -0.307. The maximum absolute atomic E-state index is 11.9. The Morgan fingerprint density at radius 2 is 1.90 bits per heavy atom. The van der Waals surface area contributed by atoms with Crippen LogP contribution < -0.4 is 10.6 Å². The van der Waals surface area contributed by atoms with Crippen LogP contribution >= 0.6 is 0 Å². The number of ether oxygens (including phenoxy) is 1. The predicted molar refractivity (Wildman–Crippen MR) is 81.3 cm³/mol. The highest BCUT2D eigenvalue weighted by atomic mass is 16.5. The summed E-state index contributed by atoms with van der Waals surface area (Å²) in [6, 6.07) is 5.37. The van der Waals surface area contributed by atoms with Crippen molar-refractivity contribution in [2.75, 3.05) is 43.4 Å². The molecule has 114 valence electrons. The average molecular weight is 291 g/mol. The van der Waals surface area contributed by atoms with Crippen LogP contribution in [-0.4, -0.2) is 49.6 Å². The van der Waals surface area contributed by atoms with Crippen LogP contribution in [0.3, 0.4) is 0 Å². The molecular formula is C15H21N3O3. The van der Waals surface area contributed by atoms with Gasteiger partial charge in [-0.25, -0.2) is 4.79 Å². The third-order valence-corrected chi connectivity index (χ3v) is 3.62. The lowest BCUT2D eigenvalue weighted by molar-refractivity contribution is -0.129. The number of piperazine rings is 1. The molecule has 6 nitrogen and oxygen atoms in total. The number of nitrogens with zero attached hydrogens (tertiary/aromatic N) is 2. The van der Waals surface area contributed by atoms with Gasteiger partial charge in [0.1, 0.15) is 0 Å². The molecule has 2 N–H and O–H groups in total. The van der Waals surface area contributed by atoms with E-state index in [0.29, 0.717) is 30.9 Å². The number of anilines is 2. The fraction of sp³-hybridized carbons (Fsp3) is 0.467. The van der Waals surface area contributed by atoms with E-state index in [9.17, 15) is 9.59 Å². The molecule has 1 aromatic carbocycles. The number of rotatable bonds is 3. The van der Waals surface area contributed by atoms with E-state index in [0.717, 1.165) is 18.8 Å². The third kappa shape index (κ3) is 3.45. The smallest absolute Gasteiger partial charge is 0.340 e. The van der Waals surface area contributed by atoms with Gasteiger partial charge in [0.05, 0.1) is 12.2 Å². The Kier molecular flexibility index (Phi) is 4.67. The normalized spacial score (nSPS) is 15.0. The summed E-state index contributed by atoms with van der Waals surface area (Å²) in [6.07, 6.45) is 0. The molecule has 0 saturated carbocycles. The maximum atomic E-state index is 11.9. The van der Waals surface area contributed by atoms with Gasteiger partial charge in [-0.1, -0.05) is 0 Å². The molecule has 1 saturated heterocycles. The molecule has 1 amide bonds. The lowest BCUT2D eigenvalue weighted by Gasteiger charge is -2.35. The highest BCUT2D eigenvalue weighted by Gasteiger charge is 2.20. The van der Waals surface area contributed by atoms with Crippen LogP contribution in [0.25, 0.3) is 0 Å². The zero-order valence-corrected chi connectivity index (χ0v) is 12.5. The van der Waals surface area contributed by atoms with Crippen molar-refractivity contribution < 1.29 is 14.3 Å². The zero-order chi connectivity index (χ0) is 15.4. The van der Waals surface area contributed by atoms with Gasteiger partial charge in [0.2, 0.25) is 5.91 Å². The van der Waals surface area contributed by atoms with E-state index in [1.165, 1.54) is 0 Å². The molecule has 1 aromatic rings. The number of carbonyl (C=O) groups excluding carboxylic acids is 2. The molecule has 1 heterocycles. The topological polar surface area (TPSA) is 75.9 Å². The van der Waals surface area contributed by atoms with Gasteiger partial charge >= 0.3 is 5.97 Å². The summed E-state index contributed by atoms with van der Waals surface area (Å²) >= 11 is 0. The Morgan fingerprint density at radius 3 is 2.48 bits per heavy atom. The Morgan fingerprint density at radius 1 is 1.24 bits per heavy atom. The molecule has 0 unspecified atom stereocenters. The number of hydrogen-bond donors (Lipinski definition) is 1. The summed E-state index contributed by atoms with van der Waals surface area (Å²) < 4.78 is 5.01. The van der Waals surface area contributed by atoms with Crippen molar-refractivity contribution in [1.82, 2.24) is 4.90 Å². The van der Waals surface area contributed by atoms with Gasteiger partial charge in [0.15, 0.2) is 0 Å². The zero-order valence-electron chi connectivity index (χ0n) is 12.5. The molecule has 6 heteroatoms. The summed E-state index contributed by atoms with van der Waals surface area (Å²) in [5, 5.41) is 0. The van der Waals surface area contributed by atoms with Crippen LogP contribution in [0.4, 0.5) is 11.4 Å². The minimum Gasteiger partial charge on any atom is -0.462 e. The maximum Gasteiger partial charge on any atom is 0.340 e. The molecule has 0 atom stereocenters. The Balaban J connectivity index is 2.13. The lowest BCUT2D eigenvalue weighted by atomic mass is 10.1. The number of esters is 1. The van der Waals surface area contributed by atoms with Crippen molar-refractivity contribution in [2.24, 2.45) is 0 Å². The van der Waals surface area contributed by atoms with Crippen LogP contribution in [0, 0.1) is 0 Å². The van der Waals surface area contributed by atoms with Gasteiger partial charge in [-0.2, -0.15) is 0 Å². The highest BCUT2D eigenvalue weighted by Crippen LogP contribution is 2.23. The molecule has 0 aliphatic carbocycles. The largest absolute Gasteiger partial charge is 0.462 e. The van der Waals surface area contributed by atoms with Gasteiger partial charge in [-0.05, 0) is 25.1 Å². The molecule has 1 fully saturated rings. The first kappa shape index (κ1) is 15.2. The fourth-order valence-corrected chi connectivity index (χ4v) is 2.41. The van der Waals surface area contributed by atoms with Crippen molar-refractivity contribution in [3.63, 3.8) is 0 Å². The van der Waals surface area contributed by atoms with E-state index in [4.69, 9.17) is 10.5 Å². The SMILES string of the molecule is CCOC(=O)c1cc(N2CCN(C(C)=O)CC2)ccc1N. The molecule has 0 bridgehead atoms. The second-order valence-electron chi connectivity index (χ2n) is 4.99. The van der Waals surface area contributed by atoms with Crippen molar-refractivity contribution in [2.45, 2.75) is 13.8 Å². The standard InChI is InChI=1S/C15H21N3O3/c1-3-21-15(20)13-10-12(4-5-14(13)16)18-8-6-17(7-9-18)11(2)19/h4-5,10H,3,6-9,16H2,1-2H3. The molecule has 0 aromatic heterocycles. The Hall–Kier alpha value is -2.24. The number of carbonyl (C=O) groups is 2. The minimum absolute atomic E-state index is 0.0965. The number of hydrogen-bond acceptors (Lipinski definition) is 5. The third-order valence-electron chi connectivity index (χ3n) is 3.62. The second kappa shape index (κ2) is 6.47. The van der Waals surface area contributed by atoms with E-state index >= 15 is 0 Å². The van der Waals surface area contributed by atoms with Gasteiger partial charge in [-0.3, -0.25) is 4.79 Å². The van der Waals surface area contributed by atoms with E-state index in [1.54, 1.807) is 26.0 Å². The molecule has 0 radical (unpaired) electrons. The van der Waals surface area contributed by atoms with E-state index in [1.807, 2.05) is 11.0 Å². The first-order valence-corrected chi connectivity index (χ1v) is 7.10. The Bertz CT molecular complexity index is 537. The van der Waals surface area contributed by atoms with Crippen molar-refractivity contribution in [3.05, 3.63) is 23.8 Å². The van der Waals surface area contributed by atoms with Gasteiger partial charge in [-0.15, -0.1) is 0 Å². The highest BCUT2D eigenvalue weighted by molar-refractivity contribution is 5.96. The number of benzene rings is 1. The quantitative estimate of drug-likeness (QED) is 0.667. The minimum atomic E-state index is -0.403. The van der Waals surface area contributed by atoms with E-state index in [2.05, 4.69) is 4.90 Å². The van der Waals surface area contributed by atoms with Crippen molar-refractivity contribution >= 4 is 23.3 Å². The monoisotopic (exact) mass is 291 g/mol. The van der Waals surface area contributed by atoms with Gasteiger partial charge in [0.25, 0.3) is 0 Å². The predicted octanol–water partition coefficient (Wildman–Crippen LogP) is 1.11. The molecular weight excluding hydrogens is 270 g/mol. The lowest BCUT2D eigenvalue weighted by Crippen LogP contribution is -2.48. The number of nitrogens with two attached hydrogens (primary N) is 1. The molecule has 2 rings (SSSR count). The first-order valence-electron chi connectivity index (χ1n) is 7.10. The van der Waals surface area contributed by atoms with Crippen LogP contribution in [0.5, 0.6) is 0 Å².